The third-order valence-corrected chi connectivity index (χ3v) is 5.24. The molecule has 0 bridgehead atoms. The summed E-state index contributed by atoms with van der Waals surface area (Å²) in [5.74, 6) is 0.556. The third-order valence-electron chi connectivity index (χ3n) is 4.22. The standard InChI is InChI=1S/C20H23FN2O2S/c1-2-23(10-12-24)11-13-25-17-4-3-5-18-20(17)22-19(26-18)14-15-6-8-16(21)9-7-15/h3-9,24H,2,10-14H2,1H3. The van der Waals surface area contributed by atoms with Gasteiger partial charge in [0.25, 0.3) is 0 Å². The number of halogens is 1. The lowest BCUT2D eigenvalue weighted by molar-refractivity contribution is 0.174. The largest absolute Gasteiger partial charge is 0.490 e. The molecule has 0 aliphatic rings. The Morgan fingerprint density at radius 3 is 2.69 bits per heavy atom. The van der Waals surface area contributed by atoms with Crippen molar-refractivity contribution in [1.29, 1.82) is 0 Å². The second-order valence-corrected chi connectivity index (χ2v) is 7.14. The number of nitrogens with zero attached hydrogens (tertiary/aromatic N) is 2. The average Bonchev–Trinajstić information content (AvgIpc) is 3.06. The number of hydrogen-bond donors (Lipinski definition) is 1. The van der Waals surface area contributed by atoms with Gasteiger partial charge in [-0.3, -0.25) is 4.90 Å². The number of rotatable bonds is 9. The molecule has 0 saturated carbocycles. The highest BCUT2D eigenvalue weighted by atomic mass is 32.1. The van der Waals surface area contributed by atoms with Crippen molar-refractivity contribution in [2.45, 2.75) is 13.3 Å². The molecule has 0 spiro atoms. The van der Waals surface area contributed by atoms with E-state index in [1.807, 2.05) is 18.2 Å². The molecule has 3 aromatic rings. The van der Waals surface area contributed by atoms with Crippen LogP contribution >= 0.6 is 11.3 Å². The first-order chi connectivity index (χ1) is 12.7. The van der Waals surface area contributed by atoms with Crippen LogP contribution in [0.15, 0.2) is 42.5 Å². The van der Waals surface area contributed by atoms with E-state index < -0.39 is 0 Å². The van der Waals surface area contributed by atoms with Gasteiger partial charge in [0.1, 0.15) is 23.7 Å². The van der Waals surface area contributed by atoms with Crippen molar-refractivity contribution in [3.05, 3.63) is 58.9 Å². The quantitative estimate of drug-likeness (QED) is 0.620. The Morgan fingerprint density at radius 1 is 1.15 bits per heavy atom. The van der Waals surface area contributed by atoms with Crippen molar-refractivity contribution in [1.82, 2.24) is 9.88 Å². The predicted molar refractivity (Wildman–Crippen MR) is 104 cm³/mol. The van der Waals surface area contributed by atoms with E-state index in [-0.39, 0.29) is 12.4 Å². The highest BCUT2D eigenvalue weighted by Gasteiger charge is 2.10. The van der Waals surface area contributed by atoms with Crippen LogP contribution in [0.1, 0.15) is 17.5 Å². The summed E-state index contributed by atoms with van der Waals surface area (Å²) in [5.41, 5.74) is 1.91. The lowest BCUT2D eigenvalue weighted by atomic mass is 10.1. The zero-order chi connectivity index (χ0) is 18.4. The normalized spacial score (nSPS) is 11.4. The number of likely N-dealkylation sites (N-methyl/N-ethyl adjacent to an activating group) is 1. The number of ether oxygens (including phenoxy) is 1. The van der Waals surface area contributed by atoms with Crippen LogP contribution in [0.4, 0.5) is 4.39 Å². The van der Waals surface area contributed by atoms with Gasteiger partial charge in [0.2, 0.25) is 0 Å². The summed E-state index contributed by atoms with van der Waals surface area (Å²) in [6.45, 7) is 5.08. The van der Waals surface area contributed by atoms with E-state index in [4.69, 9.17) is 14.8 Å². The van der Waals surface area contributed by atoms with Crippen LogP contribution in [0.2, 0.25) is 0 Å². The molecule has 0 radical (unpaired) electrons. The van der Waals surface area contributed by atoms with Crippen LogP contribution in [-0.2, 0) is 6.42 Å². The minimum atomic E-state index is -0.226. The molecule has 0 aliphatic heterocycles. The van der Waals surface area contributed by atoms with E-state index in [9.17, 15) is 4.39 Å². The summed E-state index contributed by atoms with van der Waals surface area (Å²) in [7, 11) is 0. The maximum absolute atomic E-state index is 13.0. The molecular weight excluding hydrogens is 351 g/mol. The van der Waals surface area contributed by atoms with Crippen LogP contribution in [0, 0.1) is 5.82 Å². The van der Waals surface area contributed by atoms with Gasteiger partial charge < -0.3 is 9.84 Å². The smallest absolute Gasteiger partial charge is 0.146 e. The average molecular weight is 374 g/mol. The predicted octanol–water partition coefficient (Wildman–Crippen LogP) is 3.72. The highest BCUT2D eigenvalue weighted by Crippen LogP contribution is 2.30. The third kappa shape index (κ3) is 4.78. The van der Waals surface area contributed by atoms with Gasteiger partial charge in [0.05, 0.1) is 16.3 Å². The monoisotopic (exact) mass is 374 g/mol. The molecule has 1 aromatic heterocycles. The second kappa shape index (κ2) is 9.07. The molecule has 0 fully saturated rings. The van der Waals surface area contributed by atoms with E-state index in [1.54, 1.807) is 23.5 Å². The molecule has 0 atom stereocenters. The van der Waals surface area contributed by atoms with Gasteiger partial charge in [0.15, 0.2) is 0 Å². The molecule has 0 saturated heterocycles. The van der Waals surface area contributed by atoms with E-state index in [0.29, 0.717) is 19.6 Å². The number of fused-ring (bicyclic) bond motifs is 1. The minimum Gasteiger partial charge on any atom is -0.490 e. The van der Waals surface area contributed by atoms with Gasteiger partial charge in [0, 0.05) is 19.5 Å². The first-order valence-electron chi connectivity index (χ1n) is 8.78. The van der Waals surface area contributed by atoms with Gasteiger partial charge in [-0.15, -0.1) is 11.3 Å². The Kier molecular flexibility index (Phi) is 6.55. The molecule has 4 nitrogen and oxygen atoms in total. The highest BCUT2D eigenvalue weighted by molar-refractivity contribution is 7.18. The molecule has 6 heteroatoms. The van der Waals surface area contributed by atoms with Crippen molar-refractivity contribution >= 4 is 21.6 Å². The topological polar surface area (TPSA) is 45.6 Å². The number of benzene rings is 2. The maximum atomic E-state index is 13.0. The fraction of sp³-hybridized carbons (Fsp3) is 0.350. The van der Waals surface area contributed by atoms with E-state index >= 15 is 0 Å². The summed E-state index contributed by atoms with van der Waals surface area (Å²) >= 11 is 1.63. The number of para-hydroxylation sites is 1. The first kappa shape index (κ1) is 18.8. The van der Waals surface area contributed by atoms with Crippen LogP contribution in [-0.4, -0.2) is 47.8 Å². The molecule has 2 aromatic carbocycles. The Morgan fingerprint density at radius 2 is 1.96 bits per heavy atom. The number of aliphatic hydroxyl groups is 1. The van der Waals surface area contributed by atoms with Crippen molar-refractivity contribution in [3.8, 4) is 5.75 Å². The summed E-state index contributed by atoms with van der Waals surface area (Å²) in [6, 6.07) is 12.5. The molecular formula is C20H23FN2O2S. The fourth-order valence-electron chi connectivity index (χ4n) is 2.79. The van der Waals surface area contributed by atoms with Crippen LogP contribution < -0.4 is 4.74 Å². The van der Waals surface area contributed by atoms with Gasteiger partial charge in [-0.05, 0) is 36.4 Å². The van der Waals surface area contributed by atoms with Crippen LogP contribution in [0.3, 0.4) is 0 Å². The van der Waals surface area contributed by atoms with E-state index in [1.165, 1.54) is 12.1 Å². The SMILES string of the molecule is CCN(CCO)CCOc1cccc2sc(Cc3ccc(F)cc3)nc12. The Hall–Kier alpha value is -2.02. The van der Waals surface area contributed by atoms with Gasteiger partial charge in [-0.25, -0.2) is 9.37 Å². The van der Waals surface area contributed by atoms with Crippen molar-refractivity contribution in [2.75, 3.05) is 32.8 Å². The molecule has 0 amide bonds. The fourth-order valence-corrected chi connectivity index (χ4v) is 3.81. The molecule has 1 N–H and O–H groups in total. The summed E-state index contributed by atoms with van der Waals surface area (Å²) in [4.78, 5) is 6.87. The number of thiazole rings is 1. The van der Waals surface area contributed by atoms with Gasteiger partial charge in [-0.2, -0.15) is 0 Å². The maximum Gasteiger partial charge on any atom is 0.146 e. The van der Waals surface area contributed by atoms with Crippen LogP contribution in [0.25, 0.3) is 10.2 Å². The van der Waals surface area contributed by atoms with E-state index in [2.05, 4.69) is 11.8 Å². The second-order valence-electron chi connectivity index (χ2n) is 6.02. The van der Waals surface area contributed by atoms with Gasteiger partial charge in [-0.1, -0.05) is 25.1 Å². The zero-order valence-electron chi connectivity index (χ0n) is 14.8. The molecule has 1 heterocycles. The van der Waals surface area contributed by atoms with Crippen molar-refractivity contribution in [3.63, 3.8) is 0 Å². The van der Waals surface area contributed by atoms with Crippen LogP contribution in [0.5, 0.6) is 5.75 Å². The Labute approximate surface area is 156 Å². The molecule has 26 heavy (non-hydrogen) atoms. The summed E-state index contributed by atoms with van der Waals surface area (Å²) in [5, 5.41) is 10.0. The first-order valence-corrected chi connectivity index (χ1v) is 9.60. The summed E-state index contributed by atoms with van der Waals surface area (Å²) < 4.78 is 20.1. The molecule has 3 rings (SSSR count). The number of aliphatic hydroxyl groups excluding tert-OH is 1. The van der Waals surface area contributed by atoms with Gasteiger partial charge >= 0.3 is 0 Å². The number of aromatic nitrogens is 1. The summed E-state index contributed by atoms with van der Waals surface area (Å²) in [6.07, 6.45) is 0.680. The van der Waals surface area contributed by atoms with E-state index in [0.717, 1.165) is 39.6 Å². The Balaban J connectivity index is 1.69. The molecule has 0 aliphatic carbocycles. The molecule has 0 unspecified atom stereocenters. The minimum absolute atomic E-state index is 0.155. The zero-order valence-corrected chi connectivity index (χ0v) is 15.6. The van der Waals surface area contributed by atoms with Crippen molar-refractivity contribution in [2.24, 2.45) is 0 Å². The lowest BCUT2D eigenvalue weighted by Crippen LogP contribution is -2.30. The number of hydrogen-bond acceptors (Lipinski definition) is 5. The molecule has 138 valence electrons. The Bertz CT molecular complexity index is 835. The van der Waals surface area contributed by atoms with Crippen molar-refractivity contribution < 1.29 is 14.2 Å². The lowest BCUT2D eigenvalue weighted by Gasteiger charge is -2.19.